The van der Waals surface area contributed by atoms with Crippen molar-refractivity contribution < 1.29 is 4.42 Å². The number of rotatable bonds is 8. The smallest absolute Gasteiger partial charge is 0.194 e. The zero-order valence-corrected chi connectivity index (χ0v) is 19.5. The van der Waals surface area contributed by atoms with Gasteiger partial charge in [-0.2, -0.15) is 0 Å². The lowest BCUT2D eigenvalue weighted by Crippen LogP contribution is -2.39. The number of aromatic nitrogens is 1. The first-order valence-corrected chi connectivity index (χ1v) is 10.4. The highest BCUT2D eigenvalue weighted by Crippen LogP contribution is 2.11. The quantitative estimate of drug-likeness (QED) is 0.271. The van der Waals surface area contributed by atoms with Crippen LogP contribution >= 0.6 is 46.7 Å². The lowest BCUT2D eigenvalue weighted by atomic mass is 10.3. The molecular formula is C19H25IN4OS2. The van der Waals surface area contributed by atoms with Crippen molar-refractivity contribution in [1.29, 1.82) is 0 Å². The van der Waals surface area contributed by atoms with Crippen LogP contribution < -0.4 is 5.32 Å². The van der Waals surface area contributed by atoms with E-state index in [-0.39, 0.29) is 24.0 Å². The number of halogens is 1. The Morgan fingerprint density at radius 3 is 2.81 bits per heavy atom. The van der Waals surface area contributed by atoms with Gasteiger partial charge in [-0.1, -0.05) is 6.07 Å². The lowest BCUT2D eigenvalue weighted by Gasteiger charge is -2.21. The number of hydrogen-bond acceptors (Lipinski definition) is 5. The number of aliphatic imine (C=N–C) groups is 1. The summed E-state index contributed by atoms with van der Waals surface area (Å²) >= 11 is 3.46. The second kappa shape index (κ2) is 11.5. The van der Waals surface area contributed by atoms with Crippen LogP contribution in [0.4, 0.5) is 0 Å². The zero-order chi connectivity index (χ0) is 18.2. The van der Waals surface area contributed by atoms with Crippen molar-refractivity contribution in [2.45, 2.75) is 26.3 Å². The van der Waals surface area contributed by atoms with Gasteiger partial charge in [0.05, 0.1) is 23.5 Å². The van der Waals surface area contributed by atoms with E-state index >= 15 is 0 Å². The normalized spacial score (nSPS) is 11.3. The van der Waals surface area contributed by atoms with Crippen LogP contribution in [0.5, 0.6) is 0 Å². The van der Waals surface area contributed by atoms with Gasteiger partial charge in [-0.05, 0) is 30.5 Å². The molecule has 3 aromatic rings. The number of furan rings is 1. The van der Waals surface area contributed by atoms with Crippen molar-refractivity contribution in [1.82, 2.24) is 15.2 Å². The van der Waals surface area contributed by atoms with Crippen molar-refractivity contribution in [3.63, 3.8) is 0 Å². The van der Waals surface area contributed by atoms with Gasteiger partial charge in [-0.15, -0.1) is 46.7 Å². The molecule has 0 aliphatic heterocycles. The Hall–Kier alpha value is -1.39. The average molecular weight is 516 g/mol. The van der Waals surface area contributed by atoms with Gasteiger partial charge in [0.25, 0.3) is 0 Å². The molecule has 0 amide bonds. The summed E-state index contributed by atoms with van der Waals surface area (Å²) in [4.78, 5) is 12.9. The summed E-state index contributed by atoms with van der Waals surface area (Å²) in [5.41, 5.74) is 1.08. The molecule has 0 spiro atoms. The Labute approximate surface area is 185 Å². The van der Waals surface area contributed by atoms with Gasteiger partial charge in [-0.25, -0.2) is 4.98 Å². The van der Waals surface area contributed by atoms with Gasteiger partial charge < -0.3 is 14.6 Å². The molecule has 0 saturated heterocycles. The molecule has 0 radical (unpaired) electrons. The van der Waals surface area contributed by atoms with Crippen molar-refractivity contribution in [2.24, 2.45) is 4.99 Å². The summed E-state index contributed by atoms with van der Waals surface area (Å²) in [5.74, 6) is 1.88. The van der Waals surface area contributed by atoms with E-state index in [0.29, 0.717) is 0 Å². The minimum absolute atomic E-state index is 0. The summed E-state index contributed by atoms with van der Waals surface area (Å²) in [6, 6.07) is 8.16. The van der Waals surface area contributed by atoms with Crippen LogP contribution in [0.15, 0.2) is 50.7 Å². The molecule has 0 unspecified atom stereocenters. The molecule has 5 nitrogen and oxygen atoms in total. The van der Waals surface area contributed by atoms with Gasteiger partial charge in [0.2, 0.25) is 0 Å². The molecule has 0 bridgehead atoms. The lowest BCUT2D eigenvalue weighted by molar-refractivity contribution is 0.463. The topological polar surface area (TPSA) is 53.7 Å². The Morgan fingerprint density at radius 1 is 1.26 bits per heavy atom. The molecule has 0 fully saturated rings. The van der Waals surface area contributed by atoms with E-state index in [1.54, 1.807) is 28.9 Å². The maximum absolute atomic E-state index is 5.40. The Balaban J connectivity index is 0.00000261. The van der Waals surface area contributed by atoms with Gasteiger partial charge >= 0.3 is 0 Å². The first kappa shape index (κ1) is 21.9. The molecular weight excluding hydrogens is 491 g/mol. The number of aryl methyl sites for hydroxylation is 1. The fourth-order valence-corrected chi connectivity index (χ4v) is 3.89. The van der Waals surface area contributed by atoms with Crippen LogP contribution in [0.25, 0.3) is 0 Å². The number of nitrogens with zero attached hydrogens (tertiary/aromatic N) is 3. The SMILES string of the molecule is Cc1nc(CN(C)C(=NCCc2cccs2)NCCc2ccco2)cs1.I. The Bertz CT molecular complexity index is 800. The monoisotopic (exact) mass is 516 g/mol. The molecule has 3 rings (SSSR count). The van der Waals surface area contributed by atoms with Crippen molar-refractivity contribution >= 4 is 52.6 Å². The van der Waals surface area contributed by atoms with Crippen molar-refractivity contribution in [3.8, 4) is 0 Å². The van der Waals surface area contributed by atoms with E-state index in [1.165, 1.54) is 4.88 Å². The van der Waals surface area contributed by atoms with E-state index in [9.17, 15) is 0 Å². The summed E-state index contributed by atoms with van der Waals surface area (Å²) in [7, 11) is 2.05. The van der Waals surface area contributed by atoms with Gasteiger partial charge in [0.1, 0.15) is 5.76 Å². The van der Waals surface area contributed by atoms with E-state index in [0.717, 1.165) is 54.9 Å². The summed E-state index contributed by atoms with van der Waals surface area (Å²) in [6.45, 7) is 4.33. The predicted octanol–water partition coefficient (Wildman–Crippen LogP) is 4.59. The first-order valence-electron chi connectivity index (χ1n) is 8.66. The van der Waals surface area contributed by atoms with E-state index in [4.69, 9.17) is 9.41 Å². The molecule has 1 N–H and O–H groups in total. The summed E-state index contributed by atoms with van der Waals surface area (Å²) in [6.07, 6.45) is 3.51. The molecule has 8 heteroatoms. The number of hydrogen-bond donors (Lipinski definition) is 1. The molecule has 146 valence electrons. The fraction of sp³-hybridized carbons (Fsp3) is 0.368. The predicted molar refractivity (Wildman–Crippen MR) is 124 cm³/mol. The third-order valence-electron chi connectivity index (χ3n) is 3.86. The standard InChI is InChI=1S/C19H24N4OS2.HI/c1-15-22-16(14-26-15)13-23(2)19(20-9-7-17-5-3-11-24-17)21-10-8-18-6-4-12-25-18;/h3-6,11-12,14H,7-10,13H2,1-2H3,(H,20,21);1H. The fourth-order valence-electron chi connectivity index (χ4n) is 2.59. The highest BCUT2D eigenvalue weighted by Gasteiger charge is 2.09. The maximum atomic E-state index is 5.40. The van der Waals surface area contributed by atoms with Crippen LogP contribution in [-0.4, -0.2) is 36.0 Å². The Kier molecular flexibility index (Phi) is 9.29. The minimum atomic E-state index is 0. The zero-order valence-electron chi connectivity index (χ0n) is 15.6. The minimum Gasteiger partial charge on any atom is -0.469 e. The van der Waals surface area contributed by atoms with E-state index in [1.807, 2.05) is 19.1 Å². The van der Waals surface area contributed by atoms with Gasteiger partial charge in [0.15, 0.2) is 5.96 Å². The molecule has 0 saturated carbocycles. The van der Waals surface area contributed by atoms with Crippen LogP contribution in [0, 0.1) is 6.92 Å². The third-order valence-corrected chi connectivity index (χ3v) is 5.62. The van der Waals surface area contributed by atoms with Crippen molar-refractivity contribution in [2.75, 3.05) is 20.1 Å². The number of thiazole rings is 1. The molecule has 3 heterocycles. The first-order chi connectivity index (χ1) is 12.7. The highest BCUT2D eigenvalue weighted by atomic mass is 127. The van der Waals surface area contributed by atoms with Gasteiger partial charge in [-0.3, -0.25) is 4.99 Å². The van der Waals surface area contributed by atoms with Crippen LogP contribution in [0.3, 0.4) is 0 Å². The highest BCUT2D eigenvalue weighted by molar-refractivity contribution is 14.0. The molecule has 0 atom stereocenters. The van der Waals surface area contributed by atoms with E-state index < -0.39 is 0 Å². The summed E-state index contributed by atoms with van der Waals surface area (Å²) in [5, 5.41) is 8.77. The molecule has 0 aliphatic rings. The molecule has 27 heavy (non-hydrogen) atoms. The third kappa shape index (κ3) is 7.27. The number of nitrogens with one attached hydrogen (secondary N) is 1. The Morgan fingerprint density at radius 2 is 2.15 bits per heavy atom. The second-order valence-electron chi connectivity index (χ2n) is 6.00. The number of thiophene rings is 1. The maximum Gasteiger partial charge on any atom is 0.194 e. The van der Waals surface area contributed by atoms with Crippen LogP contribution in [0.2, 0.25) is 0 Å². The average Bonchev–Trinajstić information content (AvgIpc) is 3.37. The van der Waals surface area contributed by atoms with Gasteiger partial charge in [0, 0.05) is 43.2 Å². The van der Waals surface area contributed by atoms with Crippen LogP contribution in [-0.2, 0) is 19.4 Å². The largest absolute Gasteiger partial charge is 0.469 e. The van der Waals surface area contributed by atoms with E-state index in [2.05, 4.69) is 45.1 Å². The second-order valence-corrected chi connectivity index (χ2v) is 8.10. The van der Waals surface area contributed by atoms with Crippen LogP contribution in [0.1, 0.15) is 21.3 Å². The molecule has 3 aromatic heterocycles. The molecule has 0 aliphatic carbocycles. The summed E-state index contributed by atoms with van der Waals surface area (Å²) < 4.78 is 5.40. The van der Waals surface area contributed by atoms with Crippen molar-refractivity contribution in [3.05, 3.63) is 62.6 Å². The molecule has 0 aromatic carbocycles. The number of guanidine groups is 1.